The third-order valence-electron chi connectivity index (χ3n) is 3.36. The SMILES string of the molecule is CC(C)Cc1cn2c(n1)c(N(C)C)nc1ccccc12. The molecule has 0 fully saturated rings. The fourth-order valence-corrected chi connectivity index (χ4v) is 2.51. The van der Waals surface area contributed by atoms with E-state index in [-0.39, 0.29) is 0 Å². The largest absolute Gasteiger partial charge is 0.360 e. The van der Waals surface area contributed by atoms with Crippen molar-refractivity contribution in [3.8, 4) is 0 Å². The van der Waals surface area contributed by atoms with E-state index in [1.54, 1.807) is 0 Å². The number of hydrogen-bond acceptors (Lipinski definition) is 3. The normalized spacial score (nSPS) is 11.7. The molecule has 0 saturated heterocycles. The van der Waals surface area contributed by atoms with Gasteiger partial charge in [-0.2, -0.15) is 0 Å². The molecule has 104 valence electrons. The van der Waals surface area contributed by atoms with Gasteiger partial charge in [-0.05, 0) is 24.5 Å². The molecule has 0 amide bonds. The van der Waals surface area contributed by atoms with Crippen molar-refractivity contribution in [2.75, 3.05) is 19.0 Å². The van der Waals surface area contributed by atoms with Crippen LogP contribution in [0.25, 0.3) is 16.7 Å². The Kier molecular flexibility index (Phi) is 3.08. The summed E-state index contributed by atoms with van der Waals surface area (Å²) in [6, 6.07) is 8.20. The van der Waals surface area contributed by atoms with Crippen LogP contribution in [0, 0.1) is 5.92 Å². The van der Waals surface area contributed by atoms with E-state index in [0.29, 0.717) is 5.92 Å². The summed E-state index contributed by atoms with van der Waals surface area (Å²) in [4.78, 5) is 11.5. The van der Waals surface area contributed by atoms with Crippen LogP contribution in [0.5, 0.6) is 0 Å². The molecule has 0 unspecified atom stereocenters. The lowest BCUT2D eigenvalue weighted by molar-refractivity contribution is 0.638. The van der Waals surface area contributed by atoms with Crippen LogP contribution in [0.4, 0.5) is 5.82 Å². The van der Waals surface area contributed by atoms with Crippen LogP contribution in [0.15, 0.2) is 30.5 Å². The number of nitrogens with zero attached hydrogens (tertiary/aromatic N) is 4. The summed E-state index contributed by atoms with van der Waals surface area (Å²) >= 11 is 0. The molecule has 0 radical (unpaired) electrons. The number of anilines is 1. The highest BCUT2D eigenvalue weighted by Crippen LogP contribution is 2.24. The maximum atomic E-state index is 4.78. The summed E-state index contributed by atoms with van der Waals surface area (Å²) in [5, 5.41) is 0. The van der Waals surface area contributed by atoms with Gasteiger partial charge in [-0.15, -0.1) is 0 Å². The number of fused-ring (bicyclic) bond motifs is 3. The summed E-state index contributed by atoms with van der Waals surface area (Å²) in [6.07, 6.45) is 3.13. The fraction of sp³-hybridized carbons (Fsp3) is 0.375. The predicted octanol–water partition coefficient (Wildman–Crippen LogP) is 3.15. The molecule has 0 N–H and O–H groups in total. The van der Waals surface area contributed by atoms with E-state index in [1.165, 1.54) is 0 Å². The lowest BCUT2D eigenvalue weighted by Gasteiger charge is -2.13. The lowest BCUT2D eigenvalue weighted by Crippen LogP contribution is -2.12. The van der Waals surface area contributed by atoms with Gasteiger partial charge in [0.15, 0.2) is 11.5 Å². The number of aromatic nitrogens is 3. The molecular weight excluding hydrogens is 248 g/mol. The van der Waals surface area contributed by atoms with Crippen LogP contribution >= 0.6 is 0 Å². The minimum atomic E-state index is 0.599. The topological polar surface area (TPSA) is 33.4 Å². The zero-order valence-electron chi connectivity index (χ0n) is 12.5. The van der Waals surface area contributed by atoms with Crippen LogP contribution in [0.1, 0.15) is 19.5 Å². The summed E-state index contributed by atoms with van der Waals surface area (Å²) in [6.45, 7) is 4.43. The Hall–Kier alpha value is -2.10. The van der Waals surface area contributed by atoms with Crippen molar-refractivity contribution < 1.29 is 0 Å². The number of benzene rings is 1. The van der Waals surface area contributed by atoms with Gasteiger partial charge >= 0.3 is 0 Å². The van der Waals surface area contributed by atoms with E-state index in [0.717, 1.165) is 34.6 Å². The molecule has 1 aromatic carbocycles. The Bertz CT molecular complexity index is 756. The molecule has 4 heteroatoms. The van der Waals surface area contributed by atoms with E-state index in [9.17, 15) is 0 Å². The average Bonchev–Trinajstić information content (AvgIpc) is 2.80. The summed E-state index contributed by atoms with van der Waals surface area (Å²) in [5.41, 5.74) is 4.17. The Morgan fingerprint density at radius 1 is 1.15 bits per heavy atom. The standard InChI is InChI=1S/C16H20N4/c1-11(2)9-12-10-20-14-8-6-5-7-13(14)18-15(19(3)4)16(20)17-12/h5-8,10-11H,9H2,1-4H3. The van der Waals surface area contributed by atoms with Gasteiger partial charge in [0.2, 0.25) is 0 Å². The van der Waals surface area contributed by atoms with Gasteiger partial charge in [0.25, 0.3) is 0 Å². The quantitative estimate of drug-likeness (QED) is 0.731. The van der Waals surface area contributed by atoms with Crippen molar-refractivity contribution in [2.24, 2.45) is 5.92 Å². The van der Waals surface area contributed by atoms with Gasteiger partial charge in [-0.1, -0.05) is 26.0 Å². The minimum absolute atomic E-state index is 0.599. The third kappa shape index (κ3) is 2.11. The minimum Gasteiger partial charge on any atom is -0.360 e. The van der Waals surface area contributed by atoms with Crippen LogP contribution in [-0.2, 0) is 6.42 Å². The Labute approximate surface area is 119 Å². The fourth-order valence-electron chi connectivity index (χ4n) is 2.51. The molecule has 2 aromatic heterocycles. The molecule has 0 aliphatic heterocycles. The van der Waals surface area contributed by atoms with E-state index in [4.69, 9.17) is 9.97 Å². The van der Waals surface area contributed by atoms with E-state index < -0.39 is 0 Å². The number of rotatable bonds is 3. The van der Waals surface area contributed by atoms with Crippen molar-refractivity contribution in [2.45, 2.75) is 20.3 Å². The first-order valence-corrected chi connectivity index (χ1v) is 7.00. The molecule has 0 bridgehead atoms. The van der Waals surface area contributed by atoms with Gasteiger partial charge < -0.3 is 4.90 Å². The molecular formula is C16H20N4. The van der Waals surface area contributed by atoms with E-state index in [1.807, 2.05) is 37.2 Å². The Balaban J connectivity index is 2.33. The monoisotopic (exact) mass is 268 g/mol. The van der Waals surface area contributed by atoms with Gasteiger partial charge in [0, 0.05) is 20.3 Å². The van der Waals surface area contributed by atoms with Crippen molar-refractivity contribution in [3.05, 3.63) is 36.2 Å². The third-order valence-corrected chi connectivity index (χ3v) is 3.36. The van der Waals surface area contributed by atoms with E-state index >= 15 is 0 Å². The van der Waals surface area contributed by atoms with Crippen molar-refractivity contribution in [1.29, 1.82) is 0 Å². The summed E-state index contributed by atoms with van der Waals surface area (Å²) < 4.78 is 2.16. The van der Waals surface area contributed by atoms with Crippen LogP contribution < -0.4 is 4.90 Å². The van der Waals surface area contributed by atoms with Gasteiger partial charge in [-0.3, -0.25) is 4.40 Å². The molecule has 0 saturated carbocycles. The predicted molar refractivity (Wildman–Crippen MR) is 83.4 cm³/mol. The molecule has 0 atom stereocenters. The van der Waals surface area contributed by atoms with Crippen molar-refractivity contribution in [1.82, 2.24) is 14.4 Å². The Morgan fingerprint density at radius 3 is 2.60 bits per heavy atom. The van der Waals surface area contributed by atoms with Crippen molar-refractivity contribution in [3.63, 3.8) is 0 Å². The molecule has 3 aromatic rings. The first-order chi connectivity index (χ1) is 9.56. The molecule has 0 aliphatic carbocycles. The summed E-state index contributed by atoms with van der Waals surface area (Å²) in [7, 11) is 4.02. The average molecular weight is 268 g/mol. The van der Waals surface area contributed by atoms with E-state index in [2.05, 4.69) is 30.5 Å². The summed E-state index contributed by atoms with van der Waals surface area (Å²) in [5.74, 6) is 1.51. The highest BCUT2D eigenvalue weighted by atomic mass is 15.2. The second-order valence-corrected chi connectivity index (χ2v) is 5.84. The zero-order chi connectivity index (χ0) is 14.3. The second-order valence-electron chi connectivity index (χ2n) is 5.84. The van der Waals surface area contributed by atoms with Crippen LogP contribution in [-0.4, -0.2) is 28.5 Å². The zero-order valence-corrected chi connectivity index (χ0v) is 12.5. The first kappa shape index (κ1) is 12.9. The maximum Gasteiger partial charge on any atom is 0.181 e. The van der Waals surface area contributed by atoms with Gasteiger partial charge in [0.05, 0.1) is 16.7 Å². The highest BCUT2D eigenvalue weighted by Gasteiger charge is 2.13. The first-order valence-electron chi connectivity index (χ1n) is 7.00. The Morgan fingerprint density at radius 2 is 1.90 bits per heavy atom. The van der Waals surface area contributed by atoms with Crippen LogP contribution in [0.3, 0.4) is 0 Å². The molecule has 0 spiro atoms. The molecule has 0 aliphatic rings. The lowest BCUT2D eigenvalue weighted by atomic mass is 10.1. The molecule has 2 heterocycles. The highest BCUT2D eigenvalue weighted by molar-refractivity contribution is 5.83. The maximum absolute atomic E-state index is 4.78. The smallest absolute Gasteiger partial charge is 0.181 e. The number of imidazole rings is 1. The van der Waals surface area contributed by atoms with Crippen LogP contribution in [0.2, 0.25) is 0 Å². The molecule has 3 rings (SSSR count). The second kappa shape index (κ2) is 4.78. The van der Waals surface area contributed by atoms with Crippen molar-refractivity contribution >= 4 is 22.5 Å². The number of para-hydroxylation sites is 2. The molecule has 4 nitrogen and oxygen atoms in total. The van der Waals surface area contributed by atoms with Gasteiger partial charge in [-0.25, -0.2) is 9.97 Å². The molecule has 20 heavy (non-hydrogen) atoms. The number of hydrogen-bond donors (Lipinski definition) is 0. The van der Waals surface area contributed by atoms with Gasteiger partial charge in [0.1, 0.15) is 0 Å².